The summed E-state index contributed by atoms with van der Waals surface area (Å²) in [7, 11) is 4.62. The molecule has 1 aromatic carbocycles. The van der Waals surface area contributed by atoms with E-state index in [-0.39, 0.29) is 12.3 Å². The van der Waals surface area contributed by atoms with Gasteiger partial charge in [0.1, 0.15) is 17.2 Å². The maximum absolute atomic E-state index is 11.0. The SMILES string of the molecule is C/C=C/C(CC(=O)O)c1c(OC)cc(OC)cc1OC. The van der Waals surface area contributed by atoms with Gasteiger partial charge in [0.05, 0.1) is 27.8 Å². The van der Waals surface area contributed by atoms with Crippen molar-refractivity contribution in [3.05, 3.63) is 29.8 Å². The zero-order chi connectivity index (χ0) is 15.1. The predicted molar refractivity (Wildman–Crippen MR) is 75.9 cm³/mol. The van der Waals surface area contributed by atoms with Crippen molar-refractivity contribution in [2.45, 2.75) is 19.3 Å². The molecule has 0 aliphatic carbocycles. The first-order valence-corrected chi connectivity index (χ1v) is 6.21. The Morgan fingerprint density at radius 1 is 1.20 bits per heavy atom. The third kappa shape index (κ3) is 3.66. The second-order valence-corrected chi connectivity index (χ2v) is 4.18. The fourth-order valence-electron chi connectivity index (χ4n) is 2.08. The maximum atomic E-state index is 11.0. The van der Waals surface area contributed by atoms with E-state index in [4.69, 9.17) is 19.3 Å². The monoisotopic (exact) mass is 280 g/mol. The summed E-state index contributed by atoms with van der Waals surface area (Å²) >= 11 is 0. The minimum absolute atomic E-state index is 0.0383. The molecule has 0 saturated heterocycles. The van der Waals surface area contributed by atoms with Crippen molar-refractivity contribution in [1.82, 2.24) is 0 Å². The summed E-state index contributed by atoms with van der Waals surface area (Å²) in [5.74, 6) is 0.481. The van der Waals surface area contributed by atoms with Gasteiger partial charge in [-0.2, -0.15) is 0 Å². The van der Waals surface area contributed by atoms with Crippen molar-refractivity contribution in [2.75, 3.05) is 21.3 Å². The van der Waals surface area contributed by atoms with Crippen LogP contribution in [0.3, 0.4) is 0 Å². The van der Waals surface area contributed by atoms with E-state index in [1.54, 1.807) is 19.2 Å². The number of carboxylic acid groups (broad SMARTS) is 1. The molecule has 0 aliphatic rings. The molecule has 0 saturated carbocycles. The number of carbonyl (C=O) groups is 1. The first kappa shape index (κ1) is 15.9. The zero-order valence-corrected chi connectivity index (χ0v) is 12.2. The van der Waals surface area contributed by atoms with E-state index >= 15 is 0 Å². The largest absolute Gasteiger partial charge is 0.496 e. The molecule has 1 N–H and O–H groups in total. The van der Waals surface area contributed by atoms with Crippen LogP contribution in [0, 0.1) is 0 Å². The van der Waals surface area contributed by atoms with Crippen LogP contribution in [0.5, 0.6) is 17.2 Å². The molecule has 0 heterocycles. The van der Waals surface area contributed by atoms with E-state index in [1.165, 1.54) is 14.2 Å². The molecule has 1 atom stereocenters. The number of ether oxygens (including phenoxy) is 3. The Balaban J connectivity index is 3.40. The van der Waals surface area contributed by atoms with Gasteiger partial charge in [0.2, 0.25) is 0 Å². The van der Waals surface area contributed by atoms with Crippen molar-refractivity contribution in [2.24, 2.45) is 0 Å². The van der Waals surface area contributed by atoms with Crippen LogP contribution >= 0.6 is 0 Å². The van der Waals surface area contributed by atoms with Crippen molar-refractivity contribution in [3.63, 3.8) is 0 Å². The molecule has 110 valence electrons. The van der Waals surface area contributed by atoms with Crippen LogP contribution in [-0.4, -0.2) is 32.4 Å². The number of aliphatic carboxylic acids is 1. The lowest BCUT2D eigenvalue weighted by Crippen LogP contribution is -2.08. The first-order valence-electron chi connectivity index (χ1n) is 6.21. The Morgan fingerprint density at radius 2 is 1.75 bits per heavy atom. The van der Waals surface area contributed by atoms with Gasteiger partial charge in [0, 0.05) is 23.6 Å². The summed E-state index contributed by atoms with van der Waals surface area (Å²) < 4.78 is 15.9. The quantitative estimate of drug-likeness (QED) is 0.778. The van der Waals surface area contributed by atoms with Crippen LogP contribution in [0.1, 0.15) is 24.8 Å². The molecule has 1 aromatic rings. The molecule has 0 radical (unpaired) electrons. The molecule has 0 aliphatic heterocycles. The van der Waals surface area contributed by atoms with E-state index in [9.17, 15) is 4.79 Å². The van der Waals surface area contributed by atoms with E-state index in [0.29, 0.717) is 22.8 Å². The molecular formula is C15H20O5. The molecule has 0 amide bonds. The number of benzene rings is 1. The fourth-order valence-corrected chi connectivity index (χ4v) is 2.08. The molecule has 5 heteroatoms. The topological polar surface area (TPSA) is 65.0 Å². The maximum Gasteiger partial charge on any atom is 0.304 e. The average Bonchev–Trinajstić information content (AvgIpc) is 2.44. The second kappa shape index (κ2) is 7.43. The van der Waals surface area contributed by atoms with E-state index in [1.807, 2.05) is 19.1 Å². The Morgan fingerprint density at radius 3 is 2.10 bits per heavy atom. The Labute approximate surface area is 118 Å². The lowest BCUT2D eigenvalue weighted by atomic mass is 9.93. The Hall–Kier alpha value is -2.17. The first-order chi connectivity index (χ1) is 9.57. The highest BCUT2D eigenvalue weighted by Gasteiger charge is 2.22. The van der Waals surface area contributed by atoms with Crippen LogP contribution < -0.4 is 14.2 Å². The summed E-state index contributed by atoms with van der Waals surface area (Å²) in [6.45, 7) is 1.84. The van der Waals surface area contributed by atoms with Gasteiger partial charge in [-0.05, 0) is 6.92 Å². The minimum atomic E-state index is -0.881. The van der Waals surface area contributed by atoms with Gasteiger partial charge in [-0.25, -0.2) is 0 Å². The van der Waals surface area contributed by atoms with Crippen molar-refractivity contribution < 1.29 is 24.1 Å². The van der Waals surface area contributed by atoms with Crippen LogP contribution in [0.2, 0.25) is 0 Å². The standard InChI is InChI=1S/C15H20O5/c1-5-6-10(7-14(16)17)15-12(19-3)8-11(18-2)9-13(15)20-4/h5-6,8-10H,7H2,1-4H3,(H,16,17)/b6-5+. The molecule has 0 fully saturated rings. The van der Waals surface area contributed by atoms with Gasteiger partial charge in [0.25, 0.3) is 0 Å². The summed E-state index contributed by atoms with van der Waals surface area (Å²) in [6, 6.07) is 3.44. The Bertz CT molecular complexity index is 468. The van der Waals surface area contributed by atoms with Crippen LogP contribution in [0.15, 0.2) is 24.3 Å². The summed E-state index contributed by atoms with van der Waals surface area (Å²) in [5.41, 5.74) is 0.705. The number of hydrogen-bond acceptors (Lipinski definition) is 4. The molecule has 1 rings (SSSR count). The highest BCUT2D eigenvalue weighted by molar-refractivity contribution is 5.69. The van der Waals surface area contributed by atoms with E-state index < -0.39 is 5.97 Å². The fraction of sp³-hybridized carbons (Fsp3) is 0.400. The van der Waals surface area contributed by atoms with Crippen LogP contribution in [0.4, 0.5) is 0 Å². The molecule has 20 heavy (non-hydrogen) atoms. The molecule has 5 nitrogen and oxygen atoms in total. The second-order valence-electron chi connectivity index (χ2n) is 4.18. The molecule has 1 unspecified atom stereocenters. The molecule has 0 bridgehead atoms. The van der Waals surface area contributed by atoms with Crippen LogP contribution in [-0.2, 0) is 4.79 Å². The lowest BCUT2D eigenvalue weighted by Gasteiger charge is -2.19. The van der Waals surface area contributed by atoms with Crippen molar-refractivity contribution in [3.8, 4) is 17.2 Å². The van der Waals surface area contributed by atoms with Gasteiger partial charge < -0.3 is 19.3 Å². The minimum Gasteiger partial charge on any atom is -0.496 e. The summed E-state index contributed by atoms with van der Waals surface area (Å²) in [4.78, 5) is 11.0. The zero-order valence-electron chi connectivity index (χ0n) is 12.2. The molecule has 0 spiro atoms. The number of rotatable bonds is 7. The smallest absolute Gasteiger partial charge is 0.304 e. The number of allylic oxidation sites excluding steroid dienone is 2. The van der Waals surface area contributed by atoms with Gasteiger partial charge in [0.15, 0.2) is 0 Å². The molecular weight excluding hydrogens is 260 g/mol. The van der Waals surface area contributed by atoms with Crippen molar-refractivity contribution >= 4 is 5.97 Å². The van der Waals surface area contributed by atoms with Gasteiger partial charge in [-0.3, -0.25) is 4.79 Å². The summed E-state index contributed by atoms with van der Waals surface area (Å²) in [6.07, 6.45) is 3.60. The van der Waals surface area contributed by atoms with Gasteiger partial charge >= 0.3 is 5.97 Å². The van der Waals surface area contributed by atoms with E-state index in [2.05, 4.69) is 0 Å². The highest BCUT2D eigenvalue weighted by Crippen LogP contribution is 2.41. The van der Waals surface area contributed by atoms with Crippen LogP contribution in [0.25, 0.3) is 0 Å². The Kier molecular flexibility index (Phi) is 5.90. The third-order valence-corrected chi connectivity index (χ3v) is 2.94. The predicted octanol–water partition coefficient (Wildman–Crippen LogP) is 2.85. The van der Waals surface area contributed by atoms with Gasteiger partial charge in [-0.1, -0.05) is 12.2 Å². The van der Waals surface area contributed by atoms with Gasteiger partial charge in [-0.15, -0.1) is 0 Å². The third-order valence-electron chi connectivity index (χ3n) is 2.94. The summed E-state index contributed by atoms with van der Waals surface area (Å²) in [5, 5.41) is 9.06. The number of carboxylic acids is 1. The van der Waals surface area contributed by atoms with E-state index in [0.717, 1.165) is 0 Å². The average molecular weight is 280 g/mol. The number of methoxy groups -OCH3 is 3. The van der Waals surface area contributed by atoms with Crippen molar-refractivity contribution in [1.29, 1.82) is 0 Å². The highest BCUT2D eigenvalue weighted by atomic mass is 16.5. The lowest BCUT2D eigenvalue weighted by molar-refractivity contribution is -0.137. The molecule has 0 aromatic heterocycles. The number of hydrogen-bond donors (Lipinski definition) is 1. The normalized spacial score (nSPS) is 12.2.